The maximum atomic E-state index is 5.51. The summed E-state index contributed by atoms with van der Waals surface area (Å²) in [5.41, 5.74) is -0.278. The van der Waals surface area contributed by atoms with E-state index in [4.69, 9.17) is 4.74 Å². The van der Waals surface area contributed by atoms with Crippen molar-refractivity contribution in [1.29, 1.82) is 0 Å². The van der Waals surface area contributed by atoms with E-state index in [9.17, 15) is 0 Å². The molecule has 0 spiro atoms. The fourth-order valence-electron chi connectivity index (χ4n) is 1.34. The number of aromatic nitrogens is 2. The van der Waals surface area contributed by atoms with Crippen molar-refractivity contribution in [1.82, 2.24) is 9.36 Å². The van der Waals surface area contributed by atoms with Gasteiger partial charge >= 0.3 is 0 Å². The van der Waals surface area contributed by atoms with E-state index >= 15 is 0 Å². The van der Waals surface area contributed by atoms with Crippen molar-refractivity contribution in [3.05, 3.63) is 8.84 Å². The molecule has 0 atom stereocenters. The van der Waals surface area contributed by atoms with Gasteiger partial charge in [0.05, 0.1) is 0 Å². The summed E-state index contributed by atoms with van der Waals surface area (Å²) >= 11 is 3.60. The van der Waals surface area contributed by atoms with Crippen LogP contribution in [-0.4, -0.2) is 16.5 Å². The van der Waals surface area contributed by atoms with Crippen molar-refractivity contribution in [2.75, 3.05) is 7.11 Å². The number of ether oxygens (including phenoxy) is 1. The number of halogens is 1. The molecular formula is C8H13IN2OS. The van der Waals surface area contributed by atoms with E-state index in [2.05, 4.69) is 45.8 Å². The molecule has 74 valence electrons. The lowest BCUT2D eigenvalue weighted by Gasteiger charge is -2.26. The van der Waals surface area contributed by atoms with Crippen LogP contribution in [0.2, 0.25) is 0 Å². The highest BCUT2D eigenvalue weighted by Gasteiger charge is 2.32. The van der Waals surface area contributed by atoms with E-state index in [1.807, 2.05) is 0 Å². The van der Waals surface area contributed by atoms with E-state index in [0.29, 0.717) is 0 Å². The predicted octanol–water partition coefficient (Wildman–Crippen LogP) is 2.80. The first-order valence-corrected chi connectivity index (χ1v) is 6.08. The molecule has 3 nitrogen and oxygen atoms in total. The van der Waals surface area contributed by atoms with Crippen LogP contribution in [0.1, 0.15) is 32.5 Å². The van der Waals surface area contributed by atoms with Gasteiger partial charge < -0.3 is 4.74 Å². The number of hydrogen-bond acceptors (Lipinski definition) is 4. The summed E-state index contributed by atoms with van der Waals surface area (Å²) in [4.78, 5) is 4.36. The second kappa shape index (κ2) is 4.65. The van der Waals surface area contributed by atoms with Gasteiger partial charge in [-0.3, -0.25) is 0 Å². The van der Waals surface area contributed by atoms with Crippen LogP contribution >= 0.6 is 34.1 Å². The summed E-state index contributed by atoms with van der Waals surface area (Å²) in [6.07, 6.45) is 1.82. The molecule has 0 amide bonds. The van der Waals surface area contributed by atoms with Crippen molar-refractivity contribution in [2.45, 2.75) is 32.3 Å². The van der Waals surface area contributed by atoms with Gasteiger partial charge in [0.15, 0.2) is 8.84 Å². The second-order valence-corrected chi connectivity index (χ2v) is 5.28. The average Bonchev–Trinajstić information content (AvgIpc) is 2.57. The first-order chi connectivity index (χ1) is 6.18. The van der Waals surface area contributed by atoms with Crippen LogP contribution in [0.25, 0.3) is 0 Å². The summed E-state index contributed by atoms with van der Waals surface area (Å²) in [5.74, 6) is 0.828. The van der Waals surface area contributed by atoms with Gasteiger partial charge in [-0.15, -0.1) is 0 Å². The molecule has 0 fully saturated rings. The zero-order valence-corrected chi connectivity index (χ0v) is 11.0. The molecule has 0 aliphatic carbocycles. The number of methoxy groups -OCH3 is 1. The Morgan fingerprint density at radius 2 is 2.08 bits per heavy atom. The van der Waals surface area contributed by atoms with Crippen molar-refractivity contribution < 1.29 is 4.74 Å². The Bertz CT molecular complexity index is 265. The van der Waals surface area contributed by atoms with Crippen LogP contribution in [0.5, 0.6) is 0 Å². The minimum absolute atomic E-state index is 0.278. The fraction of sp³-hybridized carbons (Fsp3) is 0.750. The monoisotopic (exact) mass is 312 g/mol. The molecule has 1 heterocycles. The highest BCUT2D eigenvalue weighted by atomic mass is 127. The Balaban J connectivity index is 3.00. The Kier molecular flexibility index (Phi) is 4.06. The first kappa shape index (κ1) is 11.3. The quantitative estimate of drug-likeness (QED) is 0.802. The van der Waals surface area contributed by atoms with Crippen LogP contribution in [0, 0.1) is 3.01 Å². The maximum Gasteiger partial charge on any atom is 0.175 e. The Morgan fingerprint density at radius 3 is 2.38 bits per heavy atom. The van der Waals surface area contributed by atoms with Gasteiger partial charge in [0.1, 0.15) is 5.60 Å². The largest absolute Gasteiger partial charge is 0.370 e. The molecular weight excluding hydrogens is 299 g/mol. The van der Waals surface area contributed by atoms with Crippen molar-refractivity contribution >= 4 is 34.1 Å². The third-order valence-corrected chi connectivity index (χ3v) is 3.68. The third kappa shape index (κ3) is 2.19. The van der Waals surface area contributed by atoms with Crippen molar-refractivity contribution in [3.63, 3.8) is 0 Å². The molecule has 0 aliphatic rings. The molecule has 1 aromatic heterocycles. The zero-order chi connectivity index (χ0) is 9.90. The topological polar surface area (TPSA) is 35.0 Å². The van der Waals surface area contributed by atoms with E-state index < -0.39 is 0 Å². The van der Waals surface area contributed by atoms with Gasteiger partial charge in [-0.2, -0.15) is 4.37 Å². The lowest BCUT2D eigenvalue weighted by molar-refractivity contribution is -0.0282. The summed E-state index contributed by atoms with van der Waals surface area (Å²) in [7, 11) is 1.72. The molecule has 1 rings (SSSR count). The molecule has 1 aromatic rings. The molecule has 13 heavy (non-hydrogen) atoms. The molecule has 5 heteroatoms. The standard InChI is InChI=1S/C8H13IN2OS/c1-4-8(5-2,12-3)6-10-7(9)13-11-6/h4-5H2,1-3H3. The summed E-state index contributed by atoms with van der Waals surface area (Å²) in [6.45, 7) is 4.20. The minimum atomic E-state index is -0.278. The summed E-state index contributed by atoms with van der Waals surface area (Å²) < 4.78 is 10.8. The smallest absolute Gasteiger partial charge is 0.175 e. The molecule has 0 saturated heterocycles. The fourth-order valence-corrected chi connectivity index (χ4v) is 2.36. The highest BCUT2D eigenvalue weighted by Crippen LogP contribution is 2.31. The van der Waals surface area contributed by atoms with Gasteiger partial charge in [-0.25, -0.2) is 4.98 Å². The Labute approximate surface area is 96.2 Å². The number of rotatable bonds is 4. The van der Waals surface area contributed by atoms with Gasteiger partial charge in [-0.1, -0.05) is 13.8 Å². The summed E-state index contributed by atoms with van der Waals surface area (Å²) in [6, 6.07) is 0. The van der Waals surface area contributed by atoms with E-state index in [-0.39, 0.29) is 5.60 Å². The maximum absolute atomic E-state index is 5.51. The Hall–Kier alpha value is 0.250. The first-order valence-electron chi connectivity index (χ1n) is 4.23. The number of nitrogens with zero attached hydrogens (tertiary/aromatic N) is 2. The third-order valence-electron chi connectivity index (χ3n) is 2.34. The number of hydrogen-bond donors (Lipinski definition) is 0. The lowest BCUT2D eigenvalue weighted by Crippen LogP contribution is -2.28. The molecule has 0 aliphatic heterocycles. The average molecular weight is 312 g/mol. The van der Waals surface area contributed by atoms with Crippen LogP contribution in [0.3, 0.4) is 0 Å². The van der Waals surface area contributed by atoms with Gasteiger partial charge in [0.25, 0.3) is 0 Å². The normalized spacial score (nSPS) is 12.0. The molecule has 0 saturated carbocycles. The molecule has 0 N–H and O–H groups in total. The van der Waals surface area contributed by atoms with Crippen LogP contribution in [0.4, 0.5) is 0 Å². The zero-order valence-electron chi connectivity index (χ0n) is 8.00. The Morgan fingerprint density at radius 1 is 1.46 bits per heavy atom. The predicted molar refractivity (Wildman–Crippen MR) is 61.9 cm³/mol. The summed E-state index contributed by atoms with van der Waals surface area (Å²) in [5, 5.41) is 0. The van der Waals surface area contributed by atoms with Gasteiger partial charge in [-0.05, 0) is 47.0 Å². The van der Waals surface area contributed by atoms with Gasteiger partial charge in [0.2, 0.25) is 0 Å². The molecule has 0 bridgehead atoms. The molecule has 0 radical (unpaired) electrons. The van der Waals surface area contributed by atoms with E-state index in [0.717, 1.165) is 21.7 Å². The molecule has 0 aromatic carbocycles. The highest BCUT2D eigenvalue weighted by molar-refractivity contribution is 14.1. The van der Waals surface area contributed by atoms with Crippen LogP contribution < -0.4 is 0 Å². The van der Waals surface area contributed by atoms with Crippen LogP contribution in [0.15, 0.2) is 0 Å². The van der Waals surface area contributed by atoms with Gasteiger partial charge in [0, 0.05) is 7.11 Å². The van der Waals surface area contributed by atoms with Crippen molar-refractivity contribution in [3.8, 4) is 0 Å². The van der Waals surface area contributed by atoms with E-state index in [1.165, 1.54) is 11.5 Å². The molecule has 0 unspecified atom stereocenters. The van der Waals surface area contributed by atoms with E-state index in [1.54, 1.807) is 7.11 Å². The lowest BCUT2D eigenvalue weighted by atomic mass is 9.96. The van der Waals surface area contributed by atoms with Crippen LogP contribution in [-0.2, 0) is 10.3 Å². The second-order valence-electron chi connectivity index (χ2n) is 2.78. The SMILES string of the molecule is CCC(CC)(OC)c1nsc(I)n1. The van der Waals surface area contributed by atoms with Crippen molar-refractivity contribution in [2.24, 2.45) is 0 Å². The minimum Gasteiger partial charge on any atom is -0.370 e.